The molecule has 0 aromatic heterocycles. The first kappa shape index (κ1) is 35.5. The fraction of sp³-hybridized carbons (Fsp3) is 0.909. The van der Waals surface area contributed by atoms with Gasteiger partial charge in [0.25, 0.3) is 0 Å². The fourth-order valence-electron chi connectivity index (χ4n) is 2.94. The Labute approximate surface area is 212 Å². The molecule has 0 aromatic rings. The Morgan fingerprint density at radius 2 is 0.516 bits per heavy atom. The molecule has 9 heteroatoms. The number of rotatable bonds is 0. The van der Waals surface area contributed by atoms with Crippen molar-refractivity contribution in [3.8, 4) is 0 Å². The topological polar surface area (TPSA) is 101 Å². The molecule has 4 saturated heterocycles. The van der Waals surface area contributed by atoms with E-state index in [4.69, 9.17) is 10.8 Å². The standard InChI is InChI=1S/4C5H10N.2CNS.Co/c4*1-2-4-6-5-3-1;2*2-1-3;/h4*1-5H2;;;/q6*-1;. The molecule has 0 aromatic carbocycles. The van der Waals surface area contributed by atoms with Gasteiger partial charge in [-0.05, 0) is 0 Å². The second-order valence-electron chi connectivity index (χ2n) is 7.11. The summed E-state index contributed by atoms with van der Waals surface area (Å²) in [4.78, 5) is 0. The quantitative estimate of drug-likeness (QED) is 0.248. The number of hydrogen-bond donors (Lipinski definition) is 0. The first-order valence-corrected chi connectivity index (χ1v) is 12.2. The Kier molecular flexibility index (Phi) is 42.7. The summed E-state index contributed by atoms with van der Waals surface area (Å²) in [6.45, 7) is 9.00. The van der Waals surface area contributed by atoms with Gasteiger partial charge in [0.15, 0.2) is 0 Å². The van der Waals surface area contributed by atoms with E-state index in [1.165, 1.54) is 87.4 Å². The maximum absolute atomic E-state index is 7.13. The van der Waals surface area contributed by atoms with Crippen LogP contribution in [0.15, 0.2) is 0 Å². The van der Waals surface area contributed by atoms with Crippen LogP contribution in [0, 0.1) is 0 Å². The van der Waals surface area contributed by atoms with Crippen LogP contribution in [0.4, 0.5) is 0 Å². The molecular weight excluding hydrogens is 471 g/mol. The average Bonchev–Trinajstić information content (AvgIpc) is 2.86. The van der Waals surface area contributed by atoms with Gasteiger partial charge in [-0.1, -0.05) is 101 Å². The van der Waals surface area contributed by atoms with Crippen LogP contribution in [0.2, 0.25) is 0 Å². The van der Waals surface area contributed by atoms with Crippen molar-refractivity contribution in [3.63, 3.8) is 0 Å². The Morgan fingerprint density at radius 1 is 0.387 bits per heavy atom. The van der Waals surface area contributed by atoms with Crippen LogP contribution in [0.3, 0.4) is 0 Å². The summed E-state index contributed by atoms with van der Waals surface area (Å²) in [5, 5.41) is 33.6. The summed E-state index contributed by atoms with van der Waals surface area (Å²) in [5.41, 5.74) is 0. The van der Waals surface area contributed by atoms with Crippen molar-refractivity contribution in [1.82, 2.24) is 0 Å². The van der Waals surface area contributed by atoms with Crippen LogP contribution in [0.1, 0.15) is 77.0 Å². The summed E-state index contributed by atoms with van der Waals surface area (Å²) in [7, 11) is 0. The maximum atomic E-state index is 7.13. The maximum Gasteiger partial charge on any atom is 0 e. The predicted molar refractivity (Wildman–Crippen MR) is 140 cm³/mol. The predicted octanol–water partition coefficient (Wildman–Crippen LogP) is 7.49. The van der Waals surface area contributed by atoms with Crippen molar-refractivity contribution in [1.29, 1.82) is 0 Å². The monoisotopic (exact) mass is 511 g/mol. The van der Waals surface area contributed by atoms with Gasteiger partial charge in [0.1, 0.15) is 0 Å². The zero-order valence-electron chi connectivity index (χ0n) is 19.0. The van der Waals surface area contributed by atoms with Crippen molar-refractivity contribution in [3.05, 3.63) is 32.1 Å². The van der Waals surface area contributed by atoms with Crippen molar-refractivity contribution in [2.75, 3.05) is 52.4 Å². The van der Waals surface area contributed by atoms with Gasteiger partial charge in [0.05, 0.1) is 0 Å². The zero-order valence-corrected chi connectivity index (χ0v) is 21.6. The van der Waals surface area contributed by atoms with E-state index in [1.807, 2.05) is 0 Å². The van der Waals surface area contributed by atoms with Gasteiger partial charge in [0.2, 0.25) is 0 Å². The number of piperidine rings is 4. The largest absolute Gasteiger partial charge is 0.753 e. The van der Waals surface area contributed by atoms with E-state index in [1.54, 1.807) is 0 Å². The summed E-state index contributed by atoms with van der Waals surface area (Å²) < 4.78 is 0. The number of isothiocyanates is 2. The minimum atomic E-state index is 0. The van der Waals surface area contributed by atoms with E-state index >= 15 is 0 Å². The summed E-state index contributed by atoms with van der Waals surface area (Å²) in [5.74, 6) is 0. The molecule has 0 N–H and O–H groups in total. The van der Waals surface area contributed by atoms with E-state index in [-0.39, 0.29) is 16.8 Å². The normalized spacial score (nSPS) is 19.1. The van der Waals surface area contributed by atoms with Gasteiger partial charge in [-0.2, -0.15) is 10.3 Å². The Morgan fingerprint density at radius 3 is 0.548 bits per heavy atom. The van der Waals surface area contributed by atoms with Gasteiger partial charge in [-0.15, -0.1) is 52.4 Å². The van der Waals surface area contributed by atoms with Crippen LogP contribution in [-0.4, -0.2) is 62.7 Å². The van der Waals surface area contributed by atoms with E-state index in [9.17, 15) is 0 Å². The molecule has 31 heavy (non-hydrogen) atoms. The summed E-state index contributed by atoms with van der Waals surface area (Å²) in [6, 6.07) is 0. The molecule has 0 atom stereocenters. The van der Waals surface area contributed by atoms with Crippen molar-refractivity contribution >= 4 is 34.8 Å². The summed E-state index contributed by atoms with van der Waals surface area (Å²) >= 11 is 7.40. The molecule has 4 heterocycles. The van der Waals surface area contributed by atoms with Crippen molar-refractivity contribution in [2.45, 2.75) is 77.0 Å². The number of thiocarbonyl (C=S) groups is 2. The molecule has 0 bridgehead atoms. The number of hydrogen-bond acceptors (Lipinski definition) is 2. The van der Waals surface area contributed by atoms with Crippen LogP contribution >= 0.6 is 24.4 Å². The van der Waals surface area contributed by atoms with Crippen LogP contribution in [-0.2, 0) is 16.8 Å². The average molecular weight is 512 g/mol. The Bertz CT molecular complexity index is 268. The zero-order chi connectivity index (χ0) is 22.4. The minimum absolute atomic E-state index is 0. The van der Waals surface area contributed by atoms with Crippen LogP contribution in [0.25, 0.3) is 32.1 Å². The Hall–Kier alpha value is -0.0535. The third kappa shape index (κ3) is 40.8. The third-order valence-electron chi connectivity index (χ3n) is 4.53. The summed E-state index contributed by atoms with van der Waals surface area (Å²) in [6.07, 6.45) is 16.3. The Balaban J connectivity index is -0.000000309. The van der Waals surface area contributed by atoms with E-state index in [0.717, 1.165) is 52.4 Å². The molecule has 0 amide bonds. The fourth-order valence-corrected chi connectivity index (χ4v) is 2.94. The molecule has 4 aliphatic rings. The van der Waals surface area contributed by atoms with E-state index < -0.39 is 0 Å². The first-order chi connectivity index (χ1) is 14.8. The molecule has 4 rings (SSSR count). The van der Waals surface area contributed by atoms with Gasteiger partial charge >= 0.3 is 0 Å². The van der Waals surface area contributed by atoms with Gasteiger partial charge in [-0.3, -0.25) is 0 Å². The molecule has 4 fully saturated rings. The molecule has 185 valence electrons. The van der Waals surface area contributed by atoms with Gasteiger partial charge in [0, 0.05) is 16.8 Å². The molecule has 4 aliphatic heterocycles. The van der Waals surface area contributed by atoms with Crippen LogP contribution in [0.5, 0.6) is 0 Å². The van der Waals surface area contributed by atoms with E-state index in [0.29, 0.717) is 0 Å². The molecular formula is C22H40CoN6S2-6. The van der Waals surface area contributed by atoms with Gasteiger partial charge in [-0.25, -0.2) is 0 Å². The molecule has 1 radical (unpaired) electrons. The molecule has 0 unspecified atom stereocenters. The first-order valence-electron chi connectivity index (χ1n) is 11.4. The number of nitrogens with zero attached hydrogens (tertiary/aromatic N) is 6. The van der Waals surface area contributed by atoms with Crippen molar-refractivity contribution in [2.24, 2.45) is 0 Å². The van der Waals surface area contributed by atoms with Crippen LogP contribution < -0.4 is 0 Å². The second kappa shape index (κ2) is 37.3. The molecule has 0 spiro atoms. The smallest absolute Gasteiger partial charge is 0 e. The van der Waals surface area contributed by atoms with Crippen molar-refractivity contribution < 1.29 is 16.8 Å². The second-order valence-corrected chi connectivity index (χ2v) is 7.47. The molecule has 6 nitrogen and oxygen atoms in total. The minimum Gasteiger partial charge on any atom is -0.753 e. The molecule has 0 saturated carbocycles. The molecule has 0 aliphatic carbocycles. The van der Waals surface area contributed by atoms with Gasteiger partial charge < -0.3 is 32.1 Å². The SMILES string of the molecule is C1CC[N-]CC1.C1CC[N-]CC1.C1CC[N-]CC1.C1CC[N-]CC1.[Co].[N-]=C=S.[N-]=C=S. The van der Waals surface area contributed by atoms with E-state index in [2.05, 4.69) is 45.7 Å². The third-order valence-corrected chi connectivity index (χ3v) is 4.53.